The van der Waals surface area contributed by atoms with E-state index in [2.05, 4.69) is 12.2 Å². The number of non-ortho nitro benzene ring substituents is 1. The minimum absolute atomic E-state index is 0.174. The first-order chi connectivity index (χ1) is 7.74. The molecule has 0 saturated carbocycles. The van der Waals surface area contributed by atoms with Crippen LogP contribution in [0.3, 0.4) is 0 Å². The molecule has 0 spiro atoms. The van der Waals surface area contributed by atoms with Gasteiger partial charge in [-0.05, 0) is 17.9 Å². The Morgan fingerprint density at radius 2 is 2.00 bits per heavy atom. The third-order valence-corrected chi connectivity index (χ3v) is 4.83. The molecule has 0 amide bonds. The number of hydrogen-bond donors (Lipinski definition) is 0. The summed E-state index contributed by atoms with van der Waals surface area (Å²) in [5.41, 5.74) is 1.39. The predicted molar refractivity (Wildman–Crippen MR) is 64.5 cm³/mol. The number of nitro benzene ring substituents is 1. The molecule has 1 aromatic carbocycles. The van der Waals surface area contributed by atoms with Gasteiger partial charge in [0.15, 0.2) is 0 Å². The highest BCUT2D eigenvalue weighted by molar-refractivity contribution is 8.00. The second kappa shape index (κ2) is 3.63. The van der Waals surface area contributed by atoms with E-state index in [1.807, 2.05) is 23.9 Å². The number of nitrogens with zero attached hydrogens (tertiary/aromatic N) is 1. The van der Waals surface area contributed by atoms with E-state index in [4.69, 9.17) is 0 Å². The molecular weight excluding hydrogens is 222 g/mol. The number of fused-ring (bicyclic) bond motifs is 2. The Bertz CT molecular complexity index is 455. The summed E-state index contributed by atoms with van der Waals surface area (Å²) in [5.74, 6) is 0.622. The van der Waals surface area contributed by atoms with Crippen LogP contribution in [0, 0.1) is 16.0 Å². The van der Waals surface area contributed by atoms with Crippen molar-refractivity contribution >= 4 is 17.4 Å². The lowest BCUT2D eigenvalue weighted by atomic mass is 9.98. The van der Waals surface area contributed by atoms with Gasteiger partial charge in [-0.1, -0.05) is 24.3 Å². The van der Waals surface area contributed by atoms with Gasteiger partial charge in [0.1, 0.15) is 0 Å². The van der Waals surface area contributed by atoms with Gasteiger partial charge in [0, 0.05) is 22.6 Å². The summed E-state index contributed by atoms with van der Waals surface area (Å²) in [6.45, 7) is 0. The van der Waals surface area contributed by atoms with Crippen molar-refractivity contribution in [3.8, 4) is 0 Å². The van der Waals surface area contributed by atoms with Gasteiger partial charge >= 0.3 is 0 Å². The molecule has 0 radical (unpaired) electrons. The average Bonchev–Trinajstić information content (AvgIpc) is 2.91. The van der Waals surface area contributed by atoms with E-state index in [0.717, 1.165) is 0 Å². The minimum atomic E-state index is -0.350. The second-order valence-electron chi connectivity index (χ2n) is 4.23. The highest BCUT2D eigenvalue weighted by atomic mass is 32.2. The summed E-state index contributed by atoms with van der Waals surface area (Å²) in [5, 5.41) is 11.7. The quantitative estimate of drug-likeness (QED) is 0.447. The number of thioether (sulfide) groups is 1. The van der Waals surface area contributed by atoms with Gasteiger partial charge < -0.3 is 0 Å². The molecule has 2 aliphatic rings. The molecule has 1 saturated heterocycles. The third-order valence-electron chi connectivity index (χ3n) is 3.22. The molecule has 0 N–H and O–H groups in total. The molecule has 3 rings (SSSR count). The first kappa shape index (κ1) is 9.90. The Morgan fingerprint density at radius 3 is 2.50 bits per heavy atom. The van der Waals surface area contributed by atoms with Crippen LogP contribution in [0.15, 0.2) is 36.4 Å². The summed E-state index contributed by atoms with van der Waals surface area (Å²) < 4.78 is 0. The van der Waals surface area contributed by atoms with Crippen molar-refractivity contribution < 1.29 is 4.92 Å². The van der Waals surface area contributed by atoms with E-state index in [1.165, 1.54) is 12.0 Å². The highest BCUT2D eigenvalue weighted by Crippen LogP contribution is 2.53. The number of nitro groups is 1. The Balaban J connectivity index is 1.85. The summed E-state index contributed by atoms with van der Waals surface area (Å²) >= 11 is 1.97. The van der Waals surface area contributed by atoms with Crippen LogP contribution < -0.4 is 0 Å². The van der Waals surface area contributed by atoms with Crippen LogP contribution in [-0.4, -0.2) is 10.2 Å². The van der Waals surface area contributed by atoms with E-state index < -0.39 is 0 Å². The van der Waals surface area contributed by atoms with Gasteiger partial charge in [-0.2, -0.15) is 0 Å². The van der Waals surface area contributed by atoms with E-state index >= 15 is 0 Å². The highest BCUT2D eigenvalue weighted by Gasteiger charge is 2.37. The average molecular weight is 233 g/mol. The van der Waals surface area contributed by atoms with Crippen LogP contribution >= 0.6 is 11.8 Å². The maximum atomic E-state index is 10.6. The molecule has 1 aliphatic heterocycles. The Labute approximate surface area is 97.7 Å². The molecule has 1 fully saturated rings. The van der Waals surface area contributed by atoms with Crippen LogP contribution in [0.2, 0.25) is 0 Å². The molecule has 0 aromatic heterocycles. The van der Waals surface area contributed by atoms with Crippen LogP contribution in [0.4, 0.5) is 5.69 Å². The number of hydrogen-bond acceptors (Lipinski definition) is 3. The number of allylic oxidation sites excluding steroid dienone is 1. The zero-order valence-corrected chi connectivity index (χ0v) is 9.39. The van der Waals surface area contributed by atoms with Gasteiger partial charge in [0.05, 0.1) is 4.92 Å². The van der Waals surface area contributed by atoms with E-state index in [0.29, 0.717) is 16.4 Å². The van der Waals surface area contributed by atoms with Crippen molar-refractivity contribution in [2.75, 3.05) is 0 Å². The molecule has 1 aromatic rings. The zero-order chi connectivity index (χ0) is 11.1. The molecule has 1 aliphatic carbocycles. The summed E-state index contributed by atoms with van der Waals surface area (Å²) in [6, 6.07) is 6.99. The largest absolute Gasteiger partial charge is 0.269 e. The maximum absolute atomic E-state index is 10.6. The maximum Gasteiger partial charge on any atom is 0.269 e. The molecule has 2 bridgehead atoms. The normalized spacial score (nSPS) is 30.9. The SMILES string of the molecule is O=[N+]([O-])c1ccc(C2SC3C=CC2C3)cc1. The molecule has 3 nitrogen and oxygen atoms in total. The van der Waals surface area contributed by atoms with Crippen LogP contribution in [0.1, 0.15) is 17.2 Å². The molecule has 16 heavy (non-hydrogen) atoms. The summed E-state index contributed by atoms with van der Waals surface area (Å²) in [4.78, 5) is 10.2. The molecule has 4 heteroatoms. The zero-order valence-electron chi connectivity index (χ0n) is 8.58. The van der Waals surface area contributed by atoms with E-state index in [1.54, 1.807) is 12.1 Å². The fourth-order valence-electron chi connectivity index (χ4n) is 2.42. The number of rotatable bonds is 2. The molecule has 1 heterocycles. The molecule has 3 unspecified atom stereocenters. The van der Waals surface area contributed by atoms with Crippen molar-refractivity contribution in [2.45, 2.75) is 16.9 Å². The molecule has 82 valence electrons. The summed E-state index contributed by atoms with van der Waals surface area (Å²) in [6.07, 6.45) is 5.79. The lowest BCUT2D eigenvalue weighted by Crippen LogP contribution is -2.01. The van der Waals surface area contributed by atoms with E-state index in [-0.39, 0.29) is 10.6 Å². The number of benzene rings is 1. The van der Waals surface area contributed by atoms with Crippen LogP contribution in [0.25, 0.3) is 0 Å². The first-order valence-corrected chi connectivity index (χ1v) is 6.26. The predicted octanol–water partition coefficient (Wildman–Crippen LogP) is 3.33. The van der Waals surface area contributed by atoms with Crippen molar-refractivity contribution in [3.05, 3.63) is 52.1 Å². The monoisotopic (exact) mass is 233 g/mol. The Hall–Kier alpha value is -1.29. The molecular formula is C12H11NO2S. The lowest BCUT2D eigenvalue weighted by Gasteiger charge is -2.17. The fourth-order valence-corrected chi connectivity index (χ4v) is 4.03. The standard InChI is InChI=1S/C12H11NO2S/c14-13(15)10-4-1-8(2-5-10)12-9-3-6-11(7-9)16-12/h1-6,9,11-12H,7H2. The van der Waals surface area contributed by atoms with Gasteiger partial charge in [-0.25, -0.2) is 0 Å². The minimum Gasteiger partial charge on any atom is -0.258 e. The smallest absolute Gasteiger partial charge is 0.258 e. The topological polar surface area (TPSA) is 43.1 Å². The van der Waals surface area contributed by atoms with Gasteiger partial charge in [-0.15, -0.1) is 11.8 Å². The Kier molecular flexibility index (Phi) is 2.24. The fraction of sp³-hybridized carbons (Fsp3) is 0.333. The van der Waals surface area contributed by atoms with Crippen molar-refractivity contribution in [1.29, 1.82) is 0 Å². The van der Waals surface area contributed by atoms with Crippen molar-refractivity contribution in [1.82, 2.24) is 0 Å². The lowest BCUT2D eigenvalue weighted by molar-refractivity contribution is -0.384. The van der Waals surface area contributed by atoms with E-state index in [9.17, 15) is 10.1 Å². The van der Waals surface area contributed by atoms with Gasteiger partial charge in [0.25, 0.3) is 5.69 Å². The molecule has 3 atom stereocenters. The van der Waals surface area contributed by atoms with Gasteiger partial charge in [0.2, 0.25) is 0 Å². The van der Waals surface area contributed by atoms with Crippen LogP contribution in [0.5, 0.6) is 0 Å². The van der Waals surface area contributed by atoms with Crippen molar-refractivity contribution in [3.63, 3.8) is 0 Å². The van der Waals surface area contributed by atoms with Crippen LogP contribution in [-0.2, 0) is 0 Å². The first-order valence-electron chi connectivity index (χ1n) is 5.32. The van der Waals surface area contributed by atoms with Gasteiger partial charge in [-0.3, -0.25) is 10.1 Å². The third kappa shape index (κ3) is 1.53. The summed E-state index contributed by atoms with van der Waals surface area (Å²) in [7, 11) is 0. The van der Waals surface area contributed by atoms with Crippen molar-refractivity contribution in [2.24, 2.45) is 5.92 Å². The second-order valence-corrected chi connectivity index (χ2v) is 5.61. The Morgan fingerprint density at radius 1 is 1.25 bits per heavy atom.